The summed E-state index contributed by atoms with van der Waals surface area (Å²) >= 11 is 5.95. The molecule has 0 bridgehead atoms. The van der Waals surface area contributed by atoms with Crippen molar-refractivity contribution in [1.82, 2.24) is 0 Å². The summed E-state index contributed by atoms with van der Waals surface area (Å²) in [5.74, 6) is -2.19. The van der Waals surface area contributed by atoms with Crippen molar-refractivity contribution in [2.75, 3.05) is 0 Å². The van der Waals surface area contributed by atoms with Gasteiger partial charge in [0.25, 0.3) is 0 Å². The topological polar surface area (TPSA) is 97.5 Å². The molecule has 1 saturated carbocycles. The fourth-order valence-corrected chi connectivity index (χ4v) is 5.52. The molecule has 126 valence electrons. The van der Waals surface area contributed by atoms with Crippen LogP contribution in [0.4, 0.5) is 0 Å². The Morgan fingerprint density at radius 1 is 1.21 bits per heavy atom. The van der Waals surface area contributed by atoms with Crippen molar-refractivity contribution in [3.63, 3.8) is 0 Å². The van der Waals surface area contributed by atoms with Crippen molar-refractivity contribution < 1.29 is 18.3 Å². The highest BCUT2D eigenvalue weighted by molar-refractivity contribution is 7.92. The van der Waals surface area contributed by atoms with Gasteiger partial charge in [0.1, 0.15) is 10.8 Å². The summed E-state index contributed by atoms with van der Waals surface area (Å²) in [5.41, 5.74) is 5.54. The van der Waals surface area contributed by atoms with Gasteiger partial charge >= 0.3 is 5.97 Å². The minimum atomic E-state index is -3.89. The first kappa shape index (κ1) is 17.0. The van der Waals surface area contributed by atoms with Gasteiger partial charge in [-0.25, -0.2) is 8.42 Å². The zero-order valence-corrected chi connectivity index (χ0v) is 14.4. The average molecular weight is 366 g/mol. The van der Waals surface area contributed by atoms with Crippen LogP contribution in [0.5, 0.6) is 0 Å². The molecule has 1 fully saturated rings. The van der Waals surface area contributed by atoms with E-state index < -0.39 is 32.5 Å². The highest BCUT2D eigenvalue weighted by atomic mass is 35.5. The molecule has 2 aromatic carbocycles. The first-order valence-corrected chi connectivity index (χ1v) is 9.19. The number of rotatable bonds is 4. The normalized spacial score (nSPS) is 26.1. The summed E-state index contributed by atoms with van der Waals surface area (Å²) < 4.78 is 25.8. The Morgan fingerprint density at radius 2 is 1.83 bits per heavy atom. The molecule has 1 aliphatic rings. The van der Waals surface area contributed by atoms with Crippen LogP contribution >= 0.6 is 11.6 Å². The molecule has 3 rings (SSSR count). The maximum atomic E-state index is 12.9. The zero-order chi connectivity index (χ0) is 17.7. The van der Waals surface area contributed by atoms with Crippen LogP contribution in [0.1, 0.15) is 17.0 Å². The molecule has 0 saturated heterocycles. The summed E-state index contributed by atoms with van der Waals surface area (Å²) in [5, 5.41) is 8.68. The Hall–Kier alpha value is -1.89. The van der Waals surface area contributed by atoms with Gasteiger partial charge in [0.05, 0.1) is 4.90 Å². The molecule has 0 aromatic heterocycles. The average Bonchev–Trinajstić information content (AvgIpc) is 3.17. The second-order valence-corrected chi connectivity index (χ2v) is 8.56. The Morgan fingerprint density at radius 3 is 2.38 bits per heavy atom. The highest BCUT2D eigenvalue weighted by Gasteiger charge is 2.74. The lowest BCUT2D eigenvalue weighted by molar-refractivity contribution is -0.139. The number of carbonyl (C=O) groups is 1. The van der Waals surface area contributed by atoms with Crippen molar-refractivity contribution in [3.8, 4) is 0 Å². The Bertz CT molecular complexity index is 910. The van der Waals surface area contributed by atoms with Crippen LogP contribution in [0.25, 0.3) is 0 Å². The van der Waals surface area contributed by atoms with Crippen molar-refractivity contribution in [2.45, 2.75) is 28.5 Å². The molecular weight excluding hydrogens is 350 g/mol. The van der Waals surface area contributed by atoms with E-state index in [4.69, 9.17) is 17.3 Å². The summed E-state index contributed by atoms with van der Waals surface area (Å²) in [7, 11) is -3.89. The van der Waals surface area contributed by atoms with Crippen LogP contribution in [-0.2, 0) is 14.6 Å². The molecule has 0 radical (unpaired) electrons. The third-order valence-electron chi connectivity index (χ3n) is 4.44. The predicted octanol–water partition coefficient (Wildman–Crippen LogP) is 2.37. The fraction of sp³-hybridized carbons (Fsp3) is 0.235. The van der Waals surface area contributed by atoms with Gasteiger partial charge in [0.15, 0.2) is 9.84 Å². The molecule has 0 amide bonds. The Labute approximate surface area is 145 Å². The van der Waals surface area contributed by atoms with Crippen LogP contribution in [-0.4, -0.2) is 30.3 Å². The van der Waals surface area contributed by atoms with Crippen molar-refractivity contribution in [2.24, 2.45) is 5.73 Å². The van der Waals surface area contributed by atoms with Gasteiger partial charge in [-0.15, -0.1) is 0 Å². The van der Waals surface area contributed by atoms with Crippen molar-refractivity contribution >= 4 is 27.4 Å². The fourth-order valence-electron chi connectivity index (χ4n) is 3.09. The van der Waals surface area contributed by atoms with Gasteiger partial charge in [-0.2, -0.15) is 0 Å². The third kappa shape index (κ3) is 2.51. The lowest BCUT2D eigenvalue weighted by Gasteiger charge is -2.07. The summed E-state index contributed by atoms with van der Waals surface area (Å²) in [6.07, 6.45) is 0. The monoisotopic (exact) mass is 365 g/mol. The molecule has 1 aliphatic carbocycles. The number of halogens is 1. The van der Waals surface area contributed by atoms with Gasteiger partial charge in [-0.3, -0.25) is 4.79 Å². The minimum absolute atomic E-state index is 0.0682. The van der Waals surface area contributed by atoms with E-state index >= 15 is 0 Å². The quantitative estimate of drug-likeness (QED) is 0.866. The molecule has 5 nitrogen and oxygen atoms in total. The maximum absolute atomic E-state index is 12.9. The van der Waals surface area contributed by atoms with Crippen molar-refractivity contribution in [1.29, 1.82) is 0 Å². The molecule has 0 unspecified atom stereocenters. The van der Waals surface area contributed by atoms with Gasteiger partial charge in [0.2, 0.25) is 0 Å². The number of carboxylic acid groups (broad SMARTS) is 1. The Kier molecular flexibility index (Phi) is 3.94. The largest absolute Gasteiger partial charge is 0.480 e. The smallest absolute Gasteiger partial charge is 0.325 e. The van der Waals surface area contributed by atoms with Crippen molar-refractivity contribution in [3.05, 3.63) is 64.7 Å². The third-order valence-corrected chi connectivity index (χ3v) is 6.94. The number of sulfone groups is 1. The van der Waals surface area contributed by atoms with E-state index in [1.54, 1.807) is 36.4 Å². The van der Waals surface area contributed by atoms with E-state index in [1.165, 1.54) is 12.1 Å². The summed E-state index contributed by atoms with van der Waals surface area (Å²) in [4.78, 5) is 11.7. The summed E-state index contributed by atoms with van der Waals surface area (Å²) in [6, 6.07) is 12.8. The lowest BCUT2D eigenvalue weighted by atomic mass is 10.1. The van der Waals surface area contributed by atoms with Crippen LogP contribution in [0.3, 0.4) is 0 Å². The molecule has 0 aliphatic heterocycles. The standard InChI is InChI=1S/C17H16ClNO4S/c1-10-5-7-13(8-6-10)24(22,23)15-14(17(15,19)16(20)21)11-3-2-4-12(18)9-11/h2-9,14-15H,19H2,1H3,(H,20,21)/t14-,15-,17-/m0/s1. The Balaban J connectivity index is 2.08. The molecule has 3 N–H and O–H groups in total. The van der Waals surface area contributed by atoms with Crippen LogP contribution in [0, 0.1) is 6.92 Å². The molecule has 7 heteroatoms. The minimum Gasteiger partial charge on any atom is -0.480 e. The van der Waals surface area contributed by atoms with E-state index in [2.05, 4.69) is 0 Å². The zero-order valence-electron chi connectivity index (χ0n) is 12.8. The number of aliphatic carboxylic acids is 1. The molecule has 0 spiro atoms. The first-order valence-electron chi connectivity index (χ1n) is 7.27. The van der Waals surface area contributed by atoms with E-state index in [0.717, 1.165) is 5.56 Å². The molecule has 3 atom stereocenters. The van der Waals surface area contributed by atoms with E-state index in [0.29, 0.717) is 10.6 Å². The number of benzene rings is 2. The van der Waals surface area contributed by atoms with E-state index in [1.807, 2.05) is 6.92 Å². The number of nitrogens with two attached hydrogens (primary N) is 1. The molecule has 2 aromatic rings. The van der Waals surface area contributed by atoms with Crippen LogP contribution < -0.4 is 5.73 Å². The predicted molar refractivity (Wildman–Crippen MR) is 90.9 cm³/mol. The number of hydrogen-bond acceptors (Lipinski definition) is 4. The van der Waals surface area contributed by atoms with Gasteiger partial charge in [-0.1, -0.05) is 41.4 Å². The second kappa shape index (κ2) is 5.58. The lowest BCUT2D eigenvalue weighted by Crippen LogP contribution is -2.39. The highest BCUT2D eigenvalue weighted by Crippen LogP contribution is 2.56. The van der Waals surface area contributed by atoms with Gasteiger partial charge < -0.3 is 10.8 Å². The summed E-state index contributed by atoms with van der Waals surface area (Å²) in [6.45, 7) is 1.84. The molecular formula is C17H16ClNO4S. The number of carboxylic acids is 1. The first-order chi connectivity index (χ1) is 11.2. The molecule has 24 heavy (non-hydrogen) atoms. The SMILES string of the molecule is Cc1ccc(S(=O)(=O)[C@H]2[C@H](c3cccc(Cl)c3)[C@@]2(N)C(=O)O)cc1. The maximum Gasteiger partial charge on any atom is 0.325 e. The van der Waals surface area contributed by atoms with Crippen LogP contribution in [0.15, 0.2) is 53.4 Å². The second-order valence-electron chi connectivity index (χ2n) is 6.05. The van der Waals surface area contributed by atoms with Gasteiger partial charge in [0, 0.05) is 10.9 Å². The number of hydrogen-bond donors (Lipinski definition) is 2. The van der Waals surface area contributed by atoms with Crippen LogP contribution in [0.2, 0.25) is 5.02 Å². The van der Waals surface area contributed by atoms with E-state index in [9.17, 15) is 18.3 Å². The molecule has 0 heterocycles. The number of aryl methyl sites for hydroxylation is 1. The van der Waals surface area contributed by atoms with E-state index in [-0.39, 0.29) is 4.90 Å². The van der Waals surface area contributed by atoms with Gasteiger partial charge in [-0.05, 0) is 36.8 Å².